The number of rotatable bonds is 1. The van der Waals surface area contributed by atoms with Crippen molar-refractivity contribution in [1.29, 1.82) is 0 Å². The average Bonchev–Trinajstić information content (AvgIpc) is 2.47. The Morgan fingerprint density at radius 3 is 3.33 bits per heavy atom. The molecule has 64 valence electrons. The van der Waals surface area contributed by atoms with Gasteiger partial charge >= 0.3 is 0 Å². The quantitative estimate of drug-likeness (QED) is 0.456. The second-order valence-electron chi connectivity index (χ2n) is 2.66. The van der Waals surface area contributed by atoms with Gasteiger partial charge in [0.05, 0.1) is 12.0 Å². The van der Waals surface area contributed by atoms with Gasteiger partial charge in [0.25, 0.3) is 0 Å². The first-order valence-corrected chi connectivity index (χ1v) is 3.61. The van der Waals surface area contributed by atoms with Crippen LogP contribution >= 0.6 is 0 Å². The zero-order valence-corrected chi connectivity index (χ0v) is 6.33. The summed E-state index contributed by atoms with van der Waals surface area (Å²) in [4.78, 5) is 10.9. The minimum Gasteiger partial charge on any atom is -0.497 e. The summed E-state index contributed by atoms with van der Waals surface area (Å²) in [5.41, 5.74) is 12.5. The first kappa shape index (κ1) is 7.17. The van der Waals surface area contributed by atoms with E-state index in [0.29, 0.717) is 6.61 Å². The fourth-order valence-corrected chi connectivity index (χ4v) is 1.28. The normalized spacial score (nSPS) is 26.2. The van der Waals surface area contributed by atoms with Gasteiger partial charge in [-0.25, -0.2) is 5.43 Å². The minimum absolute atomic E-state index is 0.397. The third kappa shape index (κ3) is 0.947. The van der Waals surface area contributed by atoms with Gasteiger partial charge in [-0.05, 0) is 6.08 Å². The van der Waals surface area contributed by atoms with Gasteiger partial charge in [0.15, 0.2) is 0 Å². The van der Waals surface area contributed by atoms with Crippen LogP contribution in [0.15, 0.2) is 23.6 Å². The Bertz CT molecular complexity index is 282. The summed E-state index contributed by atoms with van der Waals surface area (Å²) < 4.78 is 5.04. The van der Waals surface area contributed by atoms with Crippen LogP contribution in [0.4, 0.5) is 0 Å². The van der Waals surface area contributed by atoms with Crippen molar-refractivity contribution in [3.8, 4) is 0 Å². The van der Waals surface area contributed by atoms with Crippen LogP contribution in [0.3, 0.4) is 0 Å². The summed E-state index contributed by atoms with van der Waals surface area (Å²) in [7, 11) is 0. The molecular formula is C7H9N3O2. The molecule has 1 atom stereocenters. The van der Waals surface area contributed by atoms with Gasteiger partial charge in [-0.15, -0.1) is 0 Å². The number of allylic oxidation sites excluding steroid dienone is 1. The largest absolute Gasteiger partial charge is 0.497 e. The van der Waals surface area contributed by atoms with Crippen molar-refractivity contribution < 1.29 is 9.53 Å². The van der Waals surface area contributed by atoms with Gasteiger partial charge in [0.1, 0.15) is 12.6 Å². The summed E-state index contributed by atoms with van der Waals surface area (Å²) in [5.74, 6) is -0.397. The molecule has 5 heteroatoms. The Morgan fingerprint density at radius 1 is 1.75 bits per heavy atom. The first-order chi connectivity index (χ1) is 5.79. The zero-order valence-electron chi connectivity index (χ0n) is 6.33. The number of hydrazine groups is 1. The molecule has 0 radical (unpaired) electrons. The molecule has 2 aliphatic heterocycles. The number of hydrogen-bond donors (Lipinski definition) is 3. The van der Waals surface area contributed by atoms with Crippen LogP contribution in [0.25, 0.3) is 0 Å². The highest BCUT2D eigenvalue weighted by Crippen LogP contribution is 2.17. The number of ether oxygens (including phenoxy) is 1. The Labute approximate surface area is 69.2 Å². The smallest absolute Gasteiger partial charge is 0.240 e. The Morgan fingerprint density at radius 2 is 2.58 bits per heavy atom. The lowest BCUT2D eigenvalue weighted by Gasteiger charge is -2.11. The van der Waals surface area contributed by atoms with E-state index in [-0.39, 0.29) is 0 Å². The summed E-state index contributed by atoms with van der Waals surface area (Å²) in [6.07, 6.45) is 3.34. The van der Waals surface area contributed by atoms with E-state index in [1.807, 2.05) is 0 Å². The monoisotopic (exact) mass is 167 g/mol. The predicted octanol–water partition coefficient (Wildman–Crippen LogP) is -1.25. The zero-order chi connectivity index (χ0) is 8.55. The maximum Gasteiger partial charge on any atom is 0.240 e. The van der Waals surface area contributed by atoms with Crippen LogP contribution in [0, 0.1) is 0 Å². The van der Waals surface area contributed by atoms with E-state index < -0.39 is 11.9 Å². The van der Waals surface area contributed by atoms with E-state index in [9.17, 15) is 4.79 Å². The number of carbonyl (C=O) groups excluding carboxylic acids is 1. The Kier molecular flexibility index (Phi) is 1.51. The van der Waals surface area contributed by atoms with E-state index in [1.165, 1.54) is 0 Å². The molecule has 2 rings (SSSR count). The summed E-state index contributed by atoms with van der Waals surface area (Å²) >= 11 is 0. The summed E-state index contributed by atoms with van der Waals surface area (Å²) in [6.45, 7) is 0.416. The van der Waals surface area contributed by atoms with Crippen molar-refractivity contribution >= 4 is 5.91 Å². The fourth-order valence-electron chi connectivity index (χ4n) is 1.28. The molecule has 0 fully saturated rings. The van der Waals surface area contributed by atoms with Crippen molar-refractivity contribution in [2.75, 3.05) is 6.61 Å². The molecule has 4 N–H and O–H groups in total. The van der Waals surface area contributed by atoms with Crippen molar-refractivity contribution in [2.24, 2.45) is 5.73 Å². The molecule has 0 aromatic heterocycles. The van der Waals surface area contributed by atoms with Crippen molar-refractivity contribution in [3.05, 3.63) is 23.6 Å². The maximum atomic E-state index is 10.9. The third-order valence-corrected chi connectivity index (χ3v) is 1.90. The van der Waals surface area contributed by atoms with Gasteiger partial charge in [0.2, 0.25) is 5.91 Å². The van der Waals surface area contributed by atoms with Gasteiger partial charge in [-0.3, -0.25) is 4.79 Å². The van der Waals surface area contributed by atoms with Gasteiger partial charge in [-0.2, -0.15) is 0 Å². The second kappa shape index (κ2) is 2.53. The molecule has 1 unspecified atom stereocenters. The van der Waals surface area contributed by atoms with E-state index in [4.69, 9.17) is 10.5 Å². The molecule has 0 aromatic rings. The van der Waals surface area contributed by atoms with Crippen molar-refractivity contribution in [3.63, 3.8) is 0 Å². The molecule has 0 spiro atoms. The number of carbonyl (C=O) groups is 1. The topological polar surface area (TPSA) is 76.4 Å². The fraction of sp³-hybridized carbons (Fsp3) is 0.286. The molecule has 2 heterocycles. The van der Waals surface area contributed by atoms with Crippen LogP contribution in [-0.2, 0) is 9.53 Å². The van der Waals surface area contributed by atoms with Crippen LogP contribution in [-0.4, -0.2) is 18.6 Å². The van der Waals surface area contributed by atoms with Crippen LogP contribution in [0.1, 0.15) is 0 Å². The molecule has 12 heavy (non-hydrogen) atoms. The highest BCUT2D eigenvalue weighted by Gasteiger charge is 2.29. The number of hydrogen-bond acceptors (Lipinski definition) is 4. The number of nitrogens with one attached hydrogen (secondary N) is 2. The molecule has 0 saturated carbocycles. The Hall–Kier alpha value is -1.49. The molecule has 5 nitrogen and oxygen atoms in total. The third-order valence-electron chi connectivity index (χ3n) is 1.90. The predicted molar refractivity (Wildman–Crippen MR) is 41.4 cm³/mol. The van der Waals surface area contributed by atoms with Crippen molar-refractivity contribution in [1.82, 2.24) is 10.9 Å². The lowest BCUT2D eigenvalue weighted by Crippen LogP contribution is -2.43. The van der Waals surface area contributed by atoms with Crippen LogP contribution in [0.2, 0.25) is 0 Å². The average molecular weight is 167 g/mol. The maximum absolute atomic E-state index is 10.9. The number of amides is 1. The second-order valence-corrected chi connectivity index (χ2v) is 2.66. The highest BCUT2D eigenvalue weighted by molar-refractivity contribution is 5.84. The van der Waals surface area contributed by atoms with Gasteiger partial charge in [-0.1, -0.05) is 0 Å². The van der Waals surface area contributed by atoms with Crippen molar-refractivity contribution in [2.45, 2.75) is 6.04 Å². The number of primary amides is 1. The molecule has 1 amide bonds. The molecule has 0 saturated heterocycles. The standard InChI is InChI=1S/C7H9N3O2/c8-7(11)6-4-3-12-2-1-5(4)9-10-6/h1-2,6,9-10H,3H2,(H2,8,11). The molecule has 0 aromatic carbocycles. The van der Waals surface area contributed by atoms with E-state index in [0.717, 1.165) is 11.3 Å². The van der Waals surface area contributed by atoms with Crippen LogP contribution < -0.4 is 16.6 Å². The Balaban J connectivity index is 2.27. The SMILES string of the molecule is NC(=O)C1NNC2=C1COC=C2. The molecule has 2 aliphatic rings. The van der Waals surface area contributed by atoms with Crippen LogP contribution in [0.5, 0.6) is 0 Å². The lowest BCUT2D eigenvalue weighted by molar-refractivity contribution is -0.119. The van der Waals surface area contributed by atoms with Gasteiger partial charge < -0.3 is 15.9 Å². The van der Waals surface area contributed by atoms with Gasteiger partial charge in [0, 0.05) is 5.57 Å². The van der Waals surface area contributed by atoms with E-state index in [2.05, 4.69) is 10.9 Å². The minimum atomic E-state index is -0.440. The highest BCUT2D eigenvalue weighted by atomic mass is 16.5. The van der Waals surface area contributed by atoms with E-state index >= 15 is 0 Å². The first-order valence-electron chi connectivity index (χ1n) is 3.61. The summed E-state index contributed by atoms with van der Waals surface area (Å²) in [6, 6.07) is -0.440. The molecule has 0 aliphatic carbocycles. The summed E-state index contributed by atoms with van der Waals surface area (Å²) in [5, 5.41) is 0. The lowest BCUT2D eigenvalue weighted by atomic mass is 10.1. The molecular weight excluding hydrogens is 158 g/mol. The number of nitrogens with two attached hydrogens (primary N) is 1. The molecule has 0 bridgehead atoms. The van der Waals surface area contributed by atoms with E-state index in [1.54, 1.807) is 12.3 Å².